The second-order valence-electron chi connectivity index (χ2n) is 4.52. The van der Waals surface area contributed by atoms with Gasteiger partial charge >= 0.3 is 0 Å². The third-order valence-corrected chi connectivity index (χ3v) is 3.24. The van der Waals surface area contributed by atoms with Crippen LogP contribution < -0.4 is 4.90 Å². The van der Waals surface area contributed by atoms with Gasteiger partial charge in [-0.05, 0) is 19.4 Å². The summed E-state index contributed by atoms with van der Waals surface area (Å²) in [5.74, 6) is 0.712. The lowest BCUT2D eigenvalue weighted by atomic mass is 10.1. The van der Waals surface area contributed by atoms with Crippen LogP contribution in [0.5, 0.6) is 0 Å². The van der Waals surface area contributed by atoms with Crippen molar-refractivity contribution in [3.05, 3.63) is 41.7 Å². The summed E-state index contributed by atoms with van der Waals surface area (Å²) in [4.78, 5) is 16.9. The van der Waals surface area contributed by atoms with E-state index in [9.17, 15) is 9.90 Å². The number of nitrogens with zero attached hydrogens (tertiary/aromatic N) is 1. The molecule has 0 aliphatic carbocycles. The molecule has 3 rings (SSSR count). The highest BCUT2D eigenvalue weighted by Crippen LogP contribution is 2.34. The minimum absolute atomic E-state index is 0.0320. The van der Waals surface area contributed by atoms with Crippen molar-refractivity contribution in [3.63, 3.8) is 0 Å². The summed E-state index contributed by atoms with van der Waals surface area (Å²) in [7, 11) is 0. The molecule has 1 aliphatic heterocycles. The molecule has 4 heteroatoms. The molecule has 0 spiro atoms. The van der Waals surface area contributed by atoms with E-state index in [1.165, 1.54) is 23.9 Å². The van der Waals surface area contributed by atoms with Gasteiger partial charge in [-0.25, -0.2) is 0 Å². The summed E-state index contributed by atoms with van der Waals surface area (Å²) in [6, 6.07) is 8.03. The van der Waals surface area contributed by atoms with Gasteiger partial charge in [0.15, 0.2) is 0 Å². The smallest absolute Gasteiger partial charge is 0.255 e. The zero-order valence-electron chi connectivity index (χ0n) is 10.1. The van der Waals surface area contributed by atoms with Crippen molar-refractivity contribution in [1.82, 2.24) is 4.98 Å². The molecule has 0 saturated heterocycles. The number of benzene rings is 1. The number of aliphatic hydroxyl groups excluding tert-OH is 1. The number of para-hydroxylation sites is 1. The molecule has 1 amide bonds. The predicted octanol–water partition coefficient (Wildman–Crippen LogP) is 2.52. The Kier molecular flexibility index (Phi) is 2.37. The molecule has 4 nitrogen and oxygen atoms in total. The lowest BCUT2D eigenvalue weighted by molar-refractivity contribution is -0.114. The Morgan fingerprint density at radius 3 is 3.00 bits per heavy atom. The number of H-pyrrole nitrogens is 1. The van der Waals surface area contributed by atoms with E-state index in [1.54, 1.807) is 4.90 Å². The second-order valence-corrected chi connectivity index (χ2v) is 4.52. The minimum atomic E-state index is -0.180. The van der Waals surface area contributed by atoms with Gasteiger partial charge in [-0.1, -0.05) is 18.2 Å². The first-order chi connectivity index (χ1) is 8.66. The van der Waals surface area contributed by atoms with Crippen molar-refractivity contribution in [2.45, 2.75) is 13.3 Å². The van der Waals surface area contributed by atoms with Crippen molar-refractivity contribution < 1.29 is 9.90 Å². The highest BCUT2D eigenvalue weighted by atomic mass is 16.3. The van der Waals surface area contributed by atoms with Crippen molar-refractivity contribution >= 4 is 22.6 Å². The van der Waals surface area contributed by atoms with Gasteiger partial charge in [0, 0.05) is 29.1 Å². The van der Waals surface area contributed by atoms with Crippen LogP contribution in [-0.2, 0) is 11.2 Å². The Hall–Kier alpha value is -2.23. The van der Waals surface area contributed by atoms with Gasteiger partial charge in [-0.15, -0.1) is 0 Å². The summed E-state index contributed by atoms with van der Waals surface area (Å²) in [5, 5.41) is 10.3. The van der Waals surface area contributed by atoms with E-state index >= 15 is 0 Å². The van der Waals surface area contributed by atoms with E-state index in [4.69, 9.17) is 0 Å². The fraction of sp³-hybridized carbons (Fsp3) is 0.214. The van der Waals surface area contributed by atoms with Crippen molar-refractivity contribution in [3.8, 4) is 0 Å². The lowest BCUT2D eigenvalue weighted by Crippen LogP contribution is -2.27. The van der Waals surface area contributed by atoms with E-state index in [-0.39, 0.29) is 11.7 Å². The van der Waals surface area contributed by atoms with Gasteiger partial charge in [-0.2, -0.15) is 0 Å². The number of rotatable bonds is 1. The first kappa shape index (κ1) is 10.9. The summed E-state index contributed by atoms with van der Waals surface area (Å²) < 4.78 is 0. The zero-order valence-corrected chi connectivity index (χ0v) is 10.1. The molecule has 92 valence electrons. The van der Waals surface area contributed by atoms with Gasteiger partial charge in [-0.3, -0.25) is 9.69 Å². The van der Waals surface area contributed by atoms with Crippen LogP contribution in [0.4, 0.5) is 5.82 Å². The van der Waals surface area contributed by atoms with Crippen LogP contribution in [-0.4, -0.2) is 22.5 Å². The van der Waals surface area contributed by atoms with E-state index in [2.05, 4.69) is 11.1 Å². The number of carbonyl (C=O) groups is 1. The minimum Gasteiger partial charge on any atom is -0.512 e. The molecule has 0 radical (unpaired) electrons. The number of carbonyl (C=O) groups excluding carboxylic acids is 1. The number of aromatic nitrogens is 1. The summed E-state index contributed by atoms with van der Waals surface area (Å²) >= 11 is 0. The summed E-state index contributed by atoms with van der Waals surface area (Å²) in [6.45, 7) is 2.16. The predicted molar refractivity (Wildman–Crippen MR) is 70.7 cm³/mol. The molecule has 1 aromatic heterocycles. The largest absolute Gasteiger partial charge is 0.512 e. The van der Waals surface area contributed by atoms with Gasteiger partial charge in [0.05, 0.1) is 5.76 Å². The van der Waals surface area contributed by atoms with Gasteiger partial charge in [0.1, 0.15) is 5.82 Å². The number of anilines is 1. The fourth-order valence-electron chi connectivity index (χ4n) is 2.48. The molecule has 18 heavy (non-hydrogen) atoms. The molecular formula is C14H14N2O2. The molecule has 0 unspecified atom stereocenters. The fourth-order valence-corrected chi connectivity index (χ4v) is 2.48. The SMILES string of the molecule is C/C(O)=C/C(=O)N1CCc2c1[nH]c1ccccc21. The third kappa shape index (κ3) is 1.57. The van der Waals surface area contributed by atoms with Crippen LogP contribution in [0.25, 0.3) is 10.9 Å². The summed E-state index contributed by atoms with van der Waals surface area (Å²) in [6.07, 6.45) is 2.10. The first-order valence-electron chi connectivity index (χ1n) is 5.95. The average molecular weight is 242 g/mol. The molecule has 1 aliphatic rings. The number of allylic oxidation sites excluding steroid dienone is 1. The van der Waals surface area contributed by atoms with E-state index < -0.39 is 0 Å². The molecule has 0 atom stereocenters. The van der Waals surface area contributed by atoms with Crippen molar-refractivity contribution in [1.29, 1.82) is 0 Å². The molecule has 1 aromatic carbocycles. The topological polar surface area (TPSA) is 56.3 Å². The molecule has 0 bridgehead atoms. The maximum absolute atomic E-state index is 12.0. The summed E-state index contributed by atoms with van der Waals surface area (Å²) in [5.41, 5.74) is 2.23. The molecular weight excluding hydrogens is 228 g/mol. The van der Waals surface area contributed by atoms with Crippen LogP contribution in [0.15, 0.2) is 36.1 Å². The van der Waals surface area contributed by atoms with Crippen LogP contribution >= 0.6 is 0 Å². The molecule has 2 aromatic rings. The number of nitrogens with one attached hydrogen (secondary N) is 1. The lowest BCUT2D eigenvalue weighted by Gasteiger charge is -2.13. The van der Waals surface area contributed by atoms with Crippen LogP contribution in [0, 0.1) is 0 Å². The Bertz CT molecular complexity index is 651. The maximum atomic E-state index is 12.0. The number of aromatic amines is 1. The number of fused-ring (bicyclic) bond motifs is 3. The van der Waals surface area contributed by atoms with Gasteiger partial charge in [0.2, 0.25) is 0 Å². The number of hydrogen-bond acceptors (Lipinski definition) is 2. The molecule has 2 heterocycles. The third-order valence-electron chi connectivity index (χ3n) is 3.24. The Morgan fingerprint density at radius 1 is 1.44 bits per heavy atom. The van der Waals surface area contributed by atoms with Crippen LogP contribution in [0.2, 0.25) is 0 Å². The van der Waals surface area contributed by atoms with Crippen LogP contribution in [0.3, 0.4) is 0 Å². The maximum Gasteiger partial charge on any atom is 0.255 e. The molecule has 0 saturated carbocycles. The highest BCUT2D eigenvalue weighted by molar-refractivity contribution is 6.05. The average Bonchev–Trinajstić information content (AvgIpc) is 2.85. The Morgan fingerprint density at radius 2 is 2.22 bits per heavy atom. The number of hydrogen-bond donors (Lipinski definition) is 2. The quantitative estimate of drug-likeness (QED) is 0.596. The molecule has 2 N–H and O–H groups in total. The van der Waals surface area contributed by atoms with Crippen LogP contribution in [0.1, 0.15) is 12.5 Å². The monoisotopic (exact) mass is 242 g/mol. The first-order valence-corrected chi connectivity index (χ1v) is 5.95. The van der Waals surface area contributed by atoms with Crippen molar-refractivity contribution in [2.24, 2.45) is 0 Å². The second kappa shape index (κ2) is 3.91. The zero-order chi connectivity index (χ0) is 12.7. The van der Waals surface area contributed by atoms with E-state index in [0.717, 1.165) is 17.8 Å². The normalized spacial score (nSPS) is 15.2. The number of amides is 1. The Labute approximate surface area is 105 Å². The number of aliphatic hydroxyl groups is 1. The van der Waals surface area contributed by atoms with Crippen molar-refractivity contribution in [2.75, 3.05) is 11.4 Å². The van der Waals surface area contributed by atoms with Gasteiger partial charge in [0.25, 0.3) is 5.91 Å². The highest BCUT2D eigenvalue weighted by Gasteiger charge is 2.27. The standard InChI is InChI=1S/C14H14N2O2/c1-9(17)8-13(18)16-7-6-11-10-4-2-3-5-12(10)15-14(11)16/h2-5,8,15,17H,6-7H2,1H3/b9-8-. The van der Waals surface area contributed by atoms with Gasteiger partial charge < -0.3 is 10.1 Å². The van der Waals surface area contributed by atoms with E-state index in [0.29, 0.717) is 6.54 Å². The molecule has 0 fully saturated rings. The van der Waals surface area contributed by atoms with E-state index in [1.807, 2.05) is 18.2 Å². The Balaban J connectivity index is 2.06.